The van der Waals surface area contributed by atoms with E-state index in [1.807, 2.05) is 0 Å². The average Bonchev–Trinajstić information content (AvgIpc) is 3.72. The van der Waals surface area contributed by atoms with Crippen LogP contribution >= 0.6 is 0 Å². The van der Waals surface area contributed by atoms with Gasteiger partial charge in [0.2, 0.25) is 0 Å². The third-order valence-electron chi connectivity index (χ3n) is 6.64. The minimum atomic E-state index is -0.973. The van der Waals surface area contributed by atoms with Crippen molar-refractivity contribution in [3.63, 3.8) is 0 Å². The molecule has 0 aliphatic carbocycles. The van der Waals surface area contributed by atoms with Gasteiger partial charge < -0.3 is 9.47 Å². The normalized spacial score (nSPS) is 22.0. The van der Waals surface area contributed by atoms with Crippen molar-refractivity contribution in [3.8, 4) is 22.3 Å². The summed E-state index contributed by atoms with van der Waals surface area (Å²) in [5, 5.41) is 0. The molecule has 3 atom stereocenters. The van der Waals surface area contributed by atoms with Crippen LogP contribution in [0.2, 0.25) is 6.32 Å². The highest BCUT2D eigenvalue weighted by Gasteiger charge is 2.30. The van der Waals surface area contributed by atoms with Crippen molar-refractivity contribution in [3.05, 3.63) is 89.0 Å². The number of epoxide rings is 1. The van der Waals surface area contributed by atoms with Crippen molar-refractivity contribution < 1.29 is 27.0 Å². The van der Waals surface area contributed by atoms with Gasteiger partial charge in [-0.15, -0.1) is 0 Å². The van der Waals surface area contributed by atoms with Crippen LogP contribution in [0, 0.1) is 29.2 Å². The lowest BCUT2D eigenvalue weighted by atomic mass is 9.86. The van der Waals surface area contributed by atoms with Crippen LogP contribution in [0.4, 0.5) is 17.6 Å². The zero-order valence-corrected chi connectivity index (χ0v) is 18.9. The zero-order valence-electron chi connectivity index (χ0n) is 18.9. The Morgan fingerprint density at radius 2 is 1.37 bits per heavy atom. The van der Waals surface area contributed by atoms with Gasteiger partial charge in [0, 0.05) is 28.9 Å². The molecule has 2 fully saturated rings. The summed E-state index contributed by atoms with van der Waals surface area (Å²) in [6, 6.07) is 12.2. The summed E-state index contributed by atoms with van der Waals surface area (Å²) in [4.78, 5) is 0. The summed E-state index contributed by atoms with van der Waals surface area (Å²) in [5.74, 6) is -3.47. The maximum absolute atomic E-state index is 14.9. The number of hydrogen-bond donors (Lipinski definition) is 0. The van der Waals surface area contributed by atoms with E-state index in [1.54, 1.807) is 30.3 Å². The molecule has 0 aromatic heterocycles. The van der Waals surface area contributed by atoms with Gasteiger partial charge in [0.25, 0.3) is 0 Å². The van der Waals surface area contributed by atoms with E-state index in [-0.39, 0.29) is 28.4 Å². The van der Waals surface area contributed by atoms with Gasteiger partial charge in [-0.25, -0.2) is 17.6 Å². The molecule has 7 heteroatoms. The van der Waals surface area contributed by atoms with E-state index in [1.165, 1.54) is 30.3 Å². The minimum absolute atomic E-state index is 0.0822. The molecule has 2 heterocycles. The van der Waals surface area contributed by atoms with Gasteiger partial charge in [-0.2, -0.15) is 0 Å². The number of benzene rings is 3. The van der Waals surface area contributed by atoms with Crippen LogP contribution < -0.4 is 0 Å². The lowest BCUT2D eigenvalue weighted by Gasteiger charge is -2.26. The Labute approximate surface area is 203 Å². The van der Waals surface area contributed by atoms with Crippen LogP contribution in [-0.2, 0) is 9.47 Å². The molecule has 5 rings (SSSR count). The number of rotatable bonds is 6. The summed E-state index contributed by atoms with van der Waals surface area (Å²) >= 11 is 0. The largest absolute Gasteiger partial charge is 0.374 e. The minimum Gasteiger partial charge on any atom is -0.374 e. The zero-order chi connectivity index (χ0) is 24.5. The van der Waals surface area contributed by atoms with Crippen molar-refractivity contribution in [1.82, 2.24) is 0 Å². The van der Waals surface area contributed by atoms with Gasteiger partial charge in [0.1, 0.15) is 6.10 Å². The predicted molar refractivity (Wildman–Crippen MR) is 128 cm³/mol. The first-order valence-electron chi connectivity index (χ1n) is 11.6. The maximum atomic E-state index is 14.9. The van der Waals surface area contributed by atoms with Crippen molar-refractivity contribution in [2.24, 2.45) is 5.92 Å². The second-order valence-electron chi connectivity index (χ2n) is 8.97. The highest BCUT2D eigenvalue weighted by atomic mass is 19.2. The van der Waals surface area contributed by atoms with E-state index in [9.17, 15) is 17.6 Å². The summed E-state index contributed by atoms with van der Waals surface area (Å²) in [6.07, 6.45) is 5.03. The molecule has 2 nitrogen and oxygen atoms in total. The van der Waals surface area contributed by atoms with E-state index >= 15 is 0 Å². The van der Waals surface area contributed by atoms with E-state index in [0.717, 1.165) is 12.8 Å². The Morgan fingerprint density at radius 3 is 1.94 bits per heavy atom. The van der Waals surface area contributed by atoms with Crippen LogP contribution in [0.3, 0.4) is 0 Å². The van der Waals surface area contributed by atoms with E-state index in [0.29, 0.717) is 36.6 Å². The third-order valence-corrected chi connectivity index (χ3v) is 6.64. The molecule has 3 unspecified atom stereocenters. The maximum Gasteiger partial charge on any atom is 0.167 e. The first-order chi connectivity index (χ1) is 17.0. The second-order valence-corrected chi connectivity index (χ2v) is 8.97. The monoisotopic (exact) mass is 478 g/mol. The van der Waals surface area contributed by atoms with E-state index < -0.39 is 29.4 Å². The van der Waals surface area contributed by atoms with Crippen LogP contribution in [0.15, 0.2) is 54.6 Å². The average molecular weight is 478 g/mol. The SMILES string of the molecule is [B]CC1CCC(/C=C/c2ccc(-c3ccc(-c4ccc(C5CO5)c(F)c4F)cc3)c(F)c2F)OC1. The van der Waals surface area contributed by atoms with Crippen molar-refractivity contribution >= 4 is 13.9 Å². The Balaban J connectivity index is 1.34. The lowest BCUT2D eigenvalue weighted by Crippen LogP contribution is -2.24. The smallest absolute Gasteiger partial charge is 0.167 e. The summed E-state index contributed by atoms with van der Waals surface area (Å²) in [5.41, 5.74) is 1.35. The predicted octanol–water partition coefficient (Wildman–Crippen LogP) is 7.04. The molecular weight excluding hydrogens is 455 g/mol. The molecular formula is C28H23BF4O2. The molecule has 2 aliphatic heterocycles. The van der Waals surface area contributed by atoms with Gasteiger partial charge in [0.15, 0.2) is 23.3 Å². The molecule has 0 amide bonds. The van der Waals surface area contributed by atoms with E-state index in [2.05, 4.69) is 0 Å². The molecule has 0 bridgehead atoms. The quantitative estimate of drug-likeness (QED) is 0.215. The third kappa shape index (κ3) is 4.93. The van der Waals surface area contributed by atoms with Crippen molar-refractivity contribution in [1.29, 1.82) is 0 Å². The van der Waals surface area contributed by atoms with Crippen LogP contribution in [0.25, 0.3) is 28.3 Å². The molecule has 2 saturated heterocycles. The van der Waals surface area contributed by atoms with Gasteiger partial charge >= 0.3 is 0 Å². The fourth-order valence-electron chi connectivity index (χ4n) is 4.38. The lowest BCUT2D eigenvalue weighted by molar-refractivity contribution is 0.0172. The molecule has 178 valence electrons. The molecule has 3 aromatic rings. The van der Waals surface area contributed by atoms with Crippen molar-refractivity contribution in [2.45, 2.75) is 31.4 Å². The first-order valence-corrected chi connectivity index (χ1v) is 11.6. The van der Waals surface area contributed by atoms with Gasteiger partial charge in [-0.3, -0.25) is 0 Å². The van der Waals surface area contributed by atoms with Crippen LogP contribution in [0.5, 0.6) is 0 Å². The number of halogens is 4. The Bertz CT molecular complexity index is 1250. The second kappa shape index (κ2) is 10.00. The highest BCUT2D eigenvalue weighted by Crippen LogP contribution is 2.36. The molecule has 2 radical (unpaired) electrons. The molecule has 0 N–H and O–H groups in total. The fourth-order valence-corrected chi connectivity index (χ4v) is 4.38. The van der Waals surface area contributed by atoms with Gasteiger partial charge in [0.05, 0.1) is 20.6 Å². The summed E-state index contributed by atoms with van der Waals surface area (Å²) < 4.78 is 69.4. The molecule has 0 spiro atoms. The highest BCUT2D eigenvalue weighted by molar-refractivity contribution is 6.08. The van der Waals surface area contributed by atoms with Crippen LogP contribution in [0.1, 0.15) is 30.1 Å². The fraction of sp³-hybridized carbons (Fsp3) is 0.286. The molecule has 35 heavy (non-hydrogen) atoms. The molecule has 3 aromatic carbocycles. The topological polar surface area (TPSA) is 21.8 Å². The first kappa shape index (κ1) is 23.8. The van der Waals surface area contributed by atoms with E-state index in [4.69, 9.17) is 17.3 Å². The van der Waals surface area contributed by atoms with Crippen LogP contribution in [-0.4, -0.2) is 27.2 Å². The van der Waals surface area contributed by atoms with Gasteiger partial charge in [-0.1, -0.05) is 67.0 Å². The summed E-state index contributed by atoms with van der Waals surface area (Å²) in [6.45, 7) is 0.942. The van der Waals surface area contributed by atoms with Crippen molar-refractivity contribution in [2.75, 3.05) is 13.2 Å². The van der Waals surface area contributed by atoms with Gasteiger partial charge in [-0.05, 0) is 29.9 Å². The Morgan fingerprint density at radius 1 is 0.743 bits per heavy atom. The standard InChI is InChI=1S/C28H23BF4O2/c29-13-16-1-8-20(34-14-16)9-6-19-7-10-21(26(31)25(19)30)17-2-4-18(5-3-17)22-11-12-23(24-15-35-24)28(33)27(22)32/h2-7,9-12,16,20,24H,1,8,13-15H2/b9-6+. The molecule has 2 aliphatic rings. The summed E-state index contributed by atoms with van der Waals surface area (Å²) in [7, 11) is 5.65. The molecule has 0 saturated carbocycles. The Hall–Kier alpha value is -2.90. The Kier molecular flexibility index (Phi) is 6.81. The number of hydrogen-bond acceptors (Lipinski definition) is 2. The number of ether oxygens (including phenoxy) is 2.